The van der Waals surface area contributed by atoms with E-state index in [-0.39, 0.29) is 11.8 Å². The zero-order valence-electron chi connectivity index (χ0n) is 14.0. The van der Waals surface area contributed by atoms with Crippen molar-refractivity contribution in [2.45, 2.75) is 13.8 Å². The average molecular weight is 371 g/mol. The maximum absolute atomic E-state index is 12.7. The van der Waals surface area contributed by atoms with Gasteiger partial charge in [0.25, 0.3) is 11.8 Å². The third-order valence-electron chi connectivity index (χ3n) is 3.75. The van der Waals surface area contributed by atoms with Crippen LogP contribution in [0, 0.1) is 13.8 Å². The maximum atomic E-state index is 12.7. The quantitative estimate of drug-likeness (QED) is 0.725. The summed E-state index contributed by atoms with van der Waals surface area (Å²) < 4.78 is 0. The van der Waals surface area contributed by atoms with E-state index < -0.39 is 0 Å². The Morgan fingerprint density at radius 2 is 1.92 bits per heavy atom. The molecule has 128 valence electrons. The molecule has 0 unspecified atom stereocenters. The molecule has 0 aliphatic carbocycles. The molecule has 2 amide bonds. The Balaban J connectivity index is 1.87. The normalized spacial score (nSPS) is 10.5. The highest BCUT2D eigenvalue weighted by molar-refractivity contribution is 7.17. The van der Waals surface area contributed by atoms with Gasteiger partial charge in [0.05, 0.1) is 5.69 Å². The van der Waals surface area contributed by atoms with Crippen molar-refractivity contribution >= 4 is 40.2 Å². The number of carbonyl (C=O) groups excluding carboxylic acids is 2. The summed E-state index contributed by atoms with van der Waals surface area (Å²) >= 11 is 2.97. The van der Waals surface area contributed by atoms with Crippen molar-refractivity contribution in [3.05, 3.63) is 56.7 Å². The fourth-order valence-corrected chi connectivity index (χ4v) is 4.01. The van der Waals surface area contributed by atoms with Crippen molar-refractivity contribution in [3.8, 4) is 10.6 Å². The Morgan fingerprint density at radius 1 is 1.12 bits per heavy atom. The summed E-state index contributed by atoms with van der Waals surface area (Å²) in [6, 6.07) is 7.22. The lowest BCUT2D eigenvalue weighted by Crippen LogP contribution is -2.19. The lowest BCUT2D eigenvalue weighted by molar-refractivity contribution is 0.0961. The molecule has 0 aliphatic rings. The van der Waals surface area contributed by atoms with Gasteiger partial charge in [-0.05, 0) is 43.0 Å². The number of carbonyl (C=O) groups is 2. The Kier molecular flexibility index (Phi) is 4.96. The van der Waals surface area contributed by atoms with Gasteiger partial charge in [-0.15, -0.1) is 11.3 Å². The van der Waals surface area contributed by atoms with Gasteiger partial charge in [-0.3, -0.25) is 9.59 Å². The minimum Gasteiger partial charge on any atom is -0.355 e. The molecule has 25 heavy (non-hydrogen) atoms. The van der Waals surface area contributed by atoms with Gasteiger partial charge in [0.1, 0.15) is 9.88 Å². The largest absolute Gasteiger partial charge is 0.355 e. The molecule has 7 heteroatoms. The second-order valence-corrected chi connectivity index (χ2v) is 7.29. The number of hydrogen-bond acceptors (Lipinski definition) is 5. The van der Waals surface area contributed by atoms with E-state index in [1.807, 2.05) is 36.7 Å². The highest BCUT2D eigenvalue weighted by atomic mass is 32.1. The van der Waals surface area contributed by atoms with Crippen molar-refractivity contribution in [3.63, 3.8) is 0 Å². The SMILES string of the molecule is CNC(=O)c1ccc(C)c(NC(=O)c2sc(-c3ccsc3)nc2C)c1. The van der Waals surface area contributed by atoms with E-state index in [2.05, 4.69) is 15.6 Å². The maximum Gasteiger partial charge on any atom is 0.267 e. The van der Waals surface area contributed by atoms with E-state index in [1.54, 1.807) is 30.5 Å². The molecule has 0 saturated carbocycles. The molecule has 2 aromatic heterocycles. The molecule has 5 nitrogen and oxygen atoms in total. The minimum atomic E-state index is -0.214. The molecule has 0 aliphatic heterocycles. The van der Waals surface area contributed by atoms with Gasteiger partial charge < -0.3 is 10.6 Å². The molecule has 3 rings (SSSR count). The molecule has 0 saturated heterocycles. The number of anilines is 1. The van der Waals surface area contributed by atoms with Crippen LogP contribution in [0.1, 0.15) is 31.3 Å². The second-order valence-electron chi connectivity index (χ2n) is 5.51. The molecule has 2 N–H and O–H groups in total. The van der Waals surface area contributed by atoms with Crippen LogP contribution in [0.3, 0.4) is 0 Å². The minimum absolute atomic E-state index is 0.191. The number of amides is 2. The number of rotatable bonds is 4. The van der Waals surface area contributed by atoms with Crippen LogP contribution in [0.25, 0.3) is 10.6 Å². The van der Waals surface area contributed by atoms with Gasteiger partial charge in [-0.1, -0.05) is 6.07 Å². The summed E-state index contributed by atoms with van der Waals surface area (Å²) in [5.41, 5.74) is 3.74. The lowest BCUT2D eigenvalue weighted by Gasteiger charge is -2.09. The number of benzene rings is 1. The van der Waals surface area contributed by atoms with Crippen LogP contribution >= 0.6 is 22.7 Å². The number of aromatic nitrogens is 1. The topological polar surface area (TPSA) is 71.1 Å². The number of thiophene rings is 1. The smallest absolute Gasteiger partial charge is 0.267 e. The number of nitrogens with one attached hydrogen (secondary N) is 2. The van der Waals surface area contributed by atoms with Crippen LogP contribution in [-0.2, 0) is 0 Å². The van der Waals surface area contributed by atoms with Gasteiger partial charge in [0.2, 0.25) is 0 Å². The Morgan fingerprint density at radius 3 is 2.60 bits per heavy atom. The van der Waals surface area contributed by atoms with Crippen LogP contribution < -0.4 is 10.6 Å². The fourth-order valence-electron chi connectivity index (χ4n) is 2.34. The summed E-state index contributed by atoms with van der Waals surface area (Å²) in [7, 11) is 1.58. The highest BCUT2D eigenvalue weighted by Crippen LogP contribution is 2.30. The summed E-state index contributed by atoms with van der Waals surface area (Å²) in [6.07, 6.45) is 0. The zero-order chi connectivity index (χ0) is 18.0. The molecule has 0 radical (unpaired) electrons. The Labute approximate surface area is 153 Å². The van der Waals surface area contributed by atoms with Gasteiger partial charge in [-0.25, -0.2) is 4.98 Å². The number of hydrogen-bond donors (Lipinski definition) is 2. The first-order valence-corrected chi connectivity index (χ1v) is 9.39. The summed E-state index contributed by atoms with van der Waals surface area (Å²) in [5.74, 6) is -0.405. The van der Waals surface area contributed by atoms with E-state index in [1.165, 1.54) is 11.3 Å². The monoisotopic (exact) mass is 371 g/mol. The number of aryl methyl sites for hydroxylation is 2. The lowest BCUT2D eigenvalue weighted by atomic mass is 10.1. The summed E-state index contributed by atoms with van der Waals surface area (Å²) in [4.78, 5) is 29.5. The van der Waals surface area contributed by atoms with Gasteiger partial charge in [-0.2, -0.15) is 11.3 Å². The van der Waals surface area contributed by atoms with Gasteiger partial charge >= 0.3 is 0 Å². The molecular formula is C18H17N3O2S2. The predicted octanol–water partition coefficient (Wildman–Crippen LogP) is 4.10. The standard InChI is InChI=1S/C18H17N3O2S2/c1-10-4-5-12(16(22)19-3)8-14(10)21-17(23)15-11(2)20-18(25-15)13-6-7-24-9-13/h4-9H,1-3H3,(H,19,22)(H,21,23). The molecule has 2 heterocycles. The Bertz CT molecular complexity index is 930. The summed E-state index contributed by atoms with van der Waals surface area (Å²) in [5, 5.41) is 10.3. The third-order valence-corrected chi connectivity index (χ3v) is 5.63. The van der Waals surface area contributed by atoms with Crippen LogP contribution in [0.2, 0.25) is 0 Å². The van der Waals surface area contributed by atoms with Crippen molar-refractivity contribution in [2.24, 2.45) is 0 Å². The third kappa shape index (κ3) is 3.62. The first-order chi connectivity index (χ1) is 12.0. The van der Waals surface area contributed by atoms with E-state index >= 15 is 0 Å². The second kappa shape index (κ2) is 7.16. The van der Waals surface area contributed by atoms with Gasteiger partial charge in [0.15, 0.2) is 0 Å². The molecule has 0 fully saturated rings. The van der Waals surface area contributed by atoms with Crippen molar-refractivity contribution in [1.82, 2.24) is 10.3 Å². The highest BCUT2D eigenvalue weighted by Gasteiger charge is 2.18. The molecule has 3 aromatic rings. The van der Waals surface area contributed by atoms with Crippen LogP contribution in [0.15, 0.2) is 35.0 Å². The average Bonchev–Trinajstić information content (AvgIpc) is 3.25. The zero-order valence-corrected chi connectivity index (χ0v) is 15.7. The van der Waals surface area contributed by atoms with Crippen molar-refractivity contribution in [2.75, 3.05) is 12.4 Å². The molecular weight excluding hydrogens is 354 g/mol. The molecule has 0 atom stereocenters. The van der Waals surface area contributed by atoms with Crippen LogP contribution in [-0.4, -0.2) is 23.8 Å². The molecule has 0 bridgehead atoms. The molecule has 0 spiro atoms. The van der Waals surface area contributed by atoms with Gasteiger partial charge in [0, 0.05) is 29.2 Å². The van der Waals surface area contributed by atoms with Crippen molar-refractivity contribution in [1.29, 1.82) is 0 Å². The van der Waals surface area contributed by atoms with E-state index in [4.69, 9.17) is 0 Å². The van der Waals surface area contributed by atoms with Crippen LogP contribution in [0.4, 0.5) is 5.69 Å². The molecule has 1 aromatic carbocycles. The number of nitrogens with zero attached hydrogens (tertiary/aromatic N) is 1. The summed E-state index contributed by atoms with van der Waals surface area (Å²) in [6.45, 7) is 3.72. The van der Waals surface area contributed by atoms with Crippen LogP contribution in [0.5, 0.6) is 0 Å². The van der Waals surface area contributed by atoms with Crippen molar-refractivity contribution < 1.29 is 9.59 Å². The van der Waals surface area contributed by atoms with E-state index in [0.29, 0.717) is 21.8 Å². The predicted molar refractivity (Wildman–Crippen MR) is 103 cm³/mol. The first-order valence-electron chi connectivity index (χ1n) is 7.63. The number of thiazole rings is 1. The Hall–Kier alpha value is -2.51. The first kappa shape index (κ1) is 17.3. The van der Waals surface area contributed by atoms with E-state index in [0.717, 1.165) is 16.1 Å². The van der Waals surface area contributed by atoms with E-state index in [9.17, 15) is 9.59 Å². The fraction of sp³-hybridized carbons (Fsp3) is 0.167.